The summed E-state index contributed by atoms with van der Waals surface area (Å²) in [6.07, 6.45) is -0.821. The van der Waals surface area contributed by atoms with Crippen LogP contribution in [0.25, 0.3) is 10.8 Å². The van der Waals surface area contributed by atoms with Crippen LogP contribution < -0.4 is 0 Å². The number of fused-ring (bicyclic) bond motifs is 1. The van der Waals surface area contributed by atoms with Crippen molar-refractivity contribution in [2.75, 3.05) is 0 Å². The van der Waals surface area contributed by atoms with Gasteiger partial charge in [-0.3, -0.25) is 4.79 Å². The summed E-state index contributed by atoms with van der Waals surface area (Å²) in [7, 11) is 0. The van der Waals surface area contributed by atoms with Gasteiger partial charge in [-0.25, -0.2) is 0 Å². The molecule has 22 heavy (non-hydrogen) atoms. The van der Waals surface area contributed by atoms with Crippen LogP contribution in [0.2, 0.25) is 0 Å². The quantitative estimate of drug-likeness (QED) is 0.395. The Morgan fingerprint density at radius 1 is 0.864 bits per heavy atom. The second-order valence-electron chi connectivity index (χ2n) is 5.18. The minimum Gasteiger partial charge on any atom is -0.387 e. The molecule has 3 heteroatoms. The normalized spacial score (nSPS) is 13.7. The molecule has 110 valence electrons. The molecule has 0 saturated heterocycles. The van der Waals surface area contributed by atoms with Gasteiger partial charge in [-0.05, 0) is 22.4 Å². The number of benzene rings is 3. The fraction of sp³-hybridized carbons (Fsp3) is 0.105. The third-order valence-electron chi connectivity index (χ3n) is 3.70. The SMILES string of the molecule is O=C(c1ccccc1)[C@H](I)[C@H](O)c1ccc2ccccc2c1. The van der Waals surface area contributed by atoms with E-state index in [1.165, 1.54) is 0 Å². The minimum atomic E-state index is -0.821. The Kier molecular flexibility index (Phi) is 4.55. The zero-order valence-corrected chi connectivity index (χ0v) is 14.0. The Morgan fingerprint density at radius 3 is 2.23 bits per heavy atom. The molecule has 3 rings (SSSR count). The molecule has 3 aromatic rings. The second kappa shape index (κ2) is 6.58. The van der Waals surface area contributed by atoms with Gasteiger partial charge in [0.05, 0.1) is 6.10 Å². The number of Topliss-reactive ketones (excluding diaryl/α,β-unsaturated/α-hetero) is 1. The van der Waals surface area contributed by atoms with Gasteiger partial charge in [0.25, 0.3) is 0 Å². The number of aliphatic hydroxyl groups excluding tert-OH is 1. The van der Waals surface area contributed by atoms with E-state index in [1.54, 1.807) is 12.1 Å². The number of rotatable bonds is 4. The van der Waals surface area contributed by atoms with Crippen LogP contribution in [-0.4, -0.2) is 14.8 Å². The molecule has 2 atom stereocenters. The highest BCUT2D eigenvalue weighted by atomic mass is 127. The number of aliphatic hydroxyl groups is 1. The summed E-state index contributed by atoms with van der Waals surface area (Å²) >= 11 is 2.02. The Hall–Kier alpha value is -1.72. The lowest BCUT2D eigenvalue weighted by Crippen LogP contribution is -2.22. The number of alkyl halides is 1. The summed E-state index contributed by atoms with van der Waals surface area (Å²) in [5, 5.41) is 12.7. The van der Waals surface area contributed by atoms with E-state index in [-0.39, 0.29) is 5.78 Å². The van der Waals surface area contributed by atoms with Crippen LogP contribution in [0.1, 0.15) is 22.0 Å². The second-order valence-corrected chi connectivity index (χ2v) is 6.53. The number of hydrogen-bond donors (Lipinski definition) is 1. The molecule has 0 unspecified atom stereocenters. The zero-order chi connectivity index (χ0) is 15.5. The van der Waals surface area contributed by atoms with Crippen molar-refractivity contribution in [3.05, 3.63) is 83.9 Å². The van der Waals surface area contributed by atoms with Gasteiger partial charge in [0, 0.05) is 5.56 Å². The number of hydrogen-bond acceptors (Lipinski definition) is 2. The minimum absolute atomic E-state index is 0.0538. The average molecular weight is 402 g/mol. The largest absolute Gasteiger partial charge is 0.387 e. The van der Waals surface area contributed by atoms with Gasteiger partial charge in [0.15, 0.2) is 5.78 Å². The standard InChI is InChI=1S/C19H15IO2/c20-17(18(21)14-7-2-1-3-8-14)19(22)16-11-10-13-6-4-5-9-15(13)12-16/h1-12,17,19,22H/t17-,19+/m0/s1. The summed E-state index contributed by atoms with van der Waals surface area (Å²) in [5.41, 5.74) is 1.39. The molecule has 0 aliphatic carbocycles. The van der Waals surface area contributed by atoms with Gasteiger partial charge in [0.1, 0.15) is 3.92 Å². The van der Waals surface area contributed by atoms with Crippen LogP contribution in [0.15, 0.2) is 72.8 Å². The van der Waals surface area contributed by atoms with Crippen molar-refractivity contribution in [2.24, 2.45) is 0 Å². The molecule has 0 amide bonds. The van der Waals surface area contributed by atoms with Crippen molar-refractivity contribution in [2.45, 2.75) is 10.0 Å². The van der Waals surface area contributed by atoms with Crippen LogP contribution >= 0.6 is 22.6 Å². The van der Waals surface area contributed by atoms with E-state index in [4.69, 9.17) is 0 Å². The van der Waals surface area contributed by atoms with E-state index < -0.39 is 10.0 Å². The van der Waals surface area contributed by atoms with E-state index in [0.29, 0.717) is 5.56 Å². The summed E-state index contributed by atoms with van der Waals surface area (Å²) in [6, 6.07) is 22.9. The third kappa shape index (κ3) is 3.05. The number of ketones is 1. The lowest BCUT2D eigenvalue weighted by molar-refractivity contribution is 0.0910. The third-order valence-corrected chi connectivity index (χ3v) is 4.95. The molecule has 0 bridgehead atoms. The Balaban J connectivity index is 1.88. The number of halogens is 1. The molecule has 2 nitrogen and oxygen atoms in total. The molecule has 1 N–H and O–H groups in total. The van der Waals surface area contributed by atoms with Crippen molar-refractivity contribution >= 4 is 39.1 Å². The predicted molar refractivity (Wildman–Crippen MR) is 97.5 cm³/mol. The maximum Gasteiger partial charge on any atom is 0.178 e. The zero-order valence-electron chi connectivity index (χ0n) is 11.8. The number of carbonyl (C=O) groups excluding carboxylic acids is 1. The highest BCUT2D eigenvalue weighted by Crippen LogP contribution is 2.28. The molecule has 0 fully saturated rings. The summed E-state index contributed by atoms with van der Waals surface area (Å²) in [6.45, 7) is 0. The summed E-state index contributed by atoms with van der Waals surface area (Å²) < 4.78 is -0.513. The maximum absolute atomic E-state index is 12.5. The van der Waals surface area contributed by atoms with Crippen molar-refractivity contribution in [1.29, 1.82) is 0 Å². The molecular formula is C19H15IO2. The Bertz CT molecular complexity index is 799. The topological polar surface area (TPSA) is 37.3 Å². The molecule has 3 aromatic carbocycles. The molecule has 0 aliphatic rings. The van der Waals surface area contributed by atoms with Gasteiger partial charge >= 0.3 is 0 Å². The van der Waals surface area contributed by atoms with Crippen LogP contribution in [0.5, 0.6) is 0 Å². The van der Waals surface area contributed by atoms with Gasteiger partial charge in [0.2, 0.25) is 0 Å². The number of carbonyl (C=O) groups is 1. The monoisotopic (exact) mass is 402 g/mol. The molecule has 0 heterocycles. The smallest absolute Gasteiger partial charge is 0.178 e. The van der Waals surface area contributed by atoms with Crippen molar-refractivity contribution < 1.29 is 9.90 Å². The molecule has 0 radical (unpaired) electrons. The first-order chi connectivity index (χ1) is 10.7. The highest BCUT2D eigenvalue weighted by molar-refractivity contribution is 14.1. The van der Waals surface area contributed by atoms with Crippen molar-refractivity contribution in [3.8, 4) is 0 Å². The lowest BCUT2D eigenvalue weighted by atomic mass is 9.98. The van der Waals surface area contributed by atoms with Crippen molar-refractivity contribution in [3.63, 3.8) is 0 Å². The summed E-state index contributed by atoms with van der Waals surface area (Å²) in [5.74, 6) is -0.0538. The lowest BCUT2D eigenvalue weighted by Gasteiger charge is -2.17. The molecule has 0 saturated carbocycles. The van der Waals surface area contributed by atoms with E-state index in [9.17, 15) is 9.90 Å². The molecule has 0 aliphatic heterocycles. The van der Waals surface area contributed by atoms with Gasteiger partial charge in [-0.15, -0.1) is 0 Å². The van der Waals surface area contributed by atoms with Crippen LogP contribution in [0.3, 0.4) is 0 Å². The highest BCUT2D eigenvalue weighted by Gasteiger charge is 2.26. The fourth-order valence-corrected chi connectivity index (χ4v) is 3.24. The fourth-order valence-electron chi connectivity index (χ4n) is 2.47. The molecule has 0 spiro atoms. The van der Waals surface area contributed by atoms with Gasteiger partial charge in [-0.1, -0.05) is 89.3 Å². The van der Waals surface area contributed by atoms with Crippen LogP contribution in [-0.2, 0) is 0 Å². The van der Waals surface area contributed by atoms with Gasteiger partial charge < -0.3 is 5.11 Å². The molecular weight excluding hydrogens is 387 g/mol. The maximum atomic E-state index is 12.5. The van der Waals surface area contributed by atoms with E-state index in [2.05, 4.69) is 0 Å². The predicted octanol–water partition coefficient (Wildman–Crippen LogP) is 4.56. The van der Waals surface area contributed by atoms with E-state index in [0.717, 1.165) is 16.3 Å². The van der Waals surface area contributed by atoms with Gasteiger partial charge in [-0.2, -0.15) is 0 Å². The van der Waals surface area contributed by atoms with E-state index in [1.807, 2.05) is 83.3 Å². The average Bonchev–Trinajstić information content (AvgIpc) is 2.60. The Labute approximate surface area is 142 Å². The first-order valence-electron chi connectivity index (χ1n) is 7.07. The van der Waals surface area contributed by atoms with Crippen molar-refractivity contribution in [1.82, 2.24) is 0 Å². The summed E-state index contributed by atoms with van der Waals surface area (Å²) in [4.78, 5) is 12.5. The van der Waals surface area contributed by atoms with Crippen LogP contribution in [0.4, 0.5) is 0 Å². The first-order valence-corrected chi connectivity index (χ1v) is 8.31. The van der Waals surface area contributed by atoms with E-state index >= 15 is 0 Å². The van der Waals surface area contributed by atoms with Crippen LogP contribution in [0, 0.1) is 0 Å². The Morgan fingerprint density at radius 2 is 1.50 bits per heavy atom. The first kappa shape index (κ1) is 15.2. The molecule has 0 aromatic heterocycles.